The van der Waals surface area contributed by atoms with Gasteiger partial charge in [0.1, 0.15) is 0 Å². The Morgan fingerprint density at radius 2 is 1.15 bits per heavy atom. The summed E-state index contributed by atoms with van der Waals surface area (Å²) in [6, 6.07) is 0. The topological polar surface area (TPSA) is 18.5 Å². The summed E-state index contributed by atoms with van der Waals surface area (Å²) in [6.45, 7) is 0. The second-order valence-electron chi connectivity index (χ2n) is 2.16. The van der Waals surface area contributed by atoms with Crippen LogP contribution in [-0.4, -0.2) is 24.6 Å². The average Bonchev–Trinajstić information content (AvgIpc) is 2.04. The third-order valence-electron chi connectivity index (χ3n) is 1.19. The fourth-order valence-electron chi connectivity index (χ4n) is 0.540. The third-order valence-corrected chi connectivity index (χ3v) is 1.77. The Morgan fingerprint density at radius 1 is 0.846 bits per heavy atom. The first-order valence-electron chi connectivity index (χ1n) is 2.84. The molecule has 2 nitrogen and oxygen atoms in total. The Bertz CT molecular complexity index is 179. The van der Waals surface area contributed by atoms with Gasteiger partial charge in [0.05, 0.1) is 0 Å². The molecule has 1 aliphatic heterocycles. The van der Waals surface area contributed by atoms with E-state index in [1.807, 2.05) is 0 Å². The molecule has 0 aromatic rings. The van der Waals surface area contributed by atoms with Crippen LogP contribution in [0.5, 0.6) is 0 Å². The highest BCUT2D eigenvalue weighted by atomic mass is 32.2. The number of rotatable bonds is 0. The van der Waals surface area contributed by atoms with Gasteiger partial charge in [-0.2, -0.15) is 17.6 Å². The van der Waals surface area contributed by atoms with Gasteiger partial charge in [0.2, 0.25) is 12.3 Å². The maximum absolute atomic E-state index is 12.3. The summed E-state index contributed by atoms with van der Waals surface area (Å²) < 4.78 is 79.6. The Kier molecular flexibility index (Phi) is 2.70. The molecular weight excluding hydrogens is 226 g/mol. The van der Waals surface area contributed by atoms with Crippen LogP contribution in [0.4, 0.5) is 26.3 Å². The molecule has 2 atom stereocenters. The van der Waals surface area contributed by atoms with Crippen LogP contribution < -0.4 is 0 Å². The van der Waals surface area contributed by atoms with Gasteiger partial charge in [0.25, 0.3) is 0 Å². The van der Waals surface area contributed by atoms with Gasteiger partial charge in [0, 0.05) is 0 Å². The molecule has 0 N–H and O–H groups in total. The van der Waals surface area contributed by atoms with Crippen LogP contribution in [0.2, 0.25) is 0 Å². The molecule has 1 heterocycles. The van der Waals surface area contributed by atoms with Crippen molar-refractivity contribution in [3.63, 3.8) is 0 Å². The Labute approximate surface area is 72.6 Å². The highest BCUT2D eigenvalue weighted by Gasteiger charge is 2.61. The zero-order valence-corrected chi connectivity index (χ0v) is 6.46. The Hall–Kier alpha value is -0.150. The predicted molar refractivity (Wildman–Crippen MR) is 29.4 cm³/mol. The van der Waals surface area contributed by atoms with Crippen molar-refractivity contribution in [1.82, 2.24) is 0 Å². The minimum Gasteiger partial charge on any atom is -0.234 e. The van der Waals surface area contributed by atoms with Crippen molar-refractivity contribution in [3.8, 4) is 0 Å². The summed E-state index contributed by atoms with van der Waals surface area (Å²) in [5.41, 5.74) is 0. The van der Waals surface area contributed by atoms with E-state index in [1.54, 1.807) is 0 Å². The van der Waals surface area contributed by atoms with Gasteiger partial charge in [-0.1, -0.05) is 0 Å². The lowest BCUT2D eigenvalue weighted by atomic mass is 10.2. The number of halogens is 6. The minimum absolute atomic E-state index is 0.843. The molecule has 0 radical (unpaired) electrons. The van der Waals surface area contributed by atoms with E-state index in [9.17, 15) is 26.3 Å². The molecule has 0 spiro atoms. The first-order valence-corrected chi connectivity index (χ1v) is 3.51. The van der Waals surface area contributed by atoms with E-state index in [0.717, 1.165) is 0 Å². The fourth-order valence-corrected chi connectivity index (χ4v) is 0.940. The van der Waals surface area contributed by atoms with Crippen LogP contribution in [0.25, 0.3) is 0 Å². The SMILES string of the molecule is FC1C(F)C(F)(F)OSOC1(F)F. The molecule has 1 saturated heterocycles. The number of hydrogen-bond acceptors (Lipinski definition) is 3. The fraction of sp³-hybridized carbons (Fsp3) is 1.00. The van der Waals surface area contributed by atoms with Gasteiger partial charge in [-0.05, 0) is 0 Å². The maximum Gasteiger partial charge on any atom is 0.402 e. The summed E-state index contributed by atoms with van der Waals surface area (Å²) >= 11 is -0.843. The monoisotopic (exact) mass is 228 g/mol. The van der Waals surface area contributed by atoms with Crippen molar-refractivity contribution >= 4 is 12.3 Å². The molecule has 1 aliphatic rings. The van der Waals surface area contributed by atoms with E-state index < -0.39 is 36.9 Å². The van der Waals surface area contributed by atoms with Gasteiger partial charge in [0.15, 0.2) is 12.3 Å². The number of alkyl halides is 6. The first kappa shape index (κ1) is 10.9. The van der Waals surface area contributed by atoms with Crippen LogP contribution in [0.1, 0.15) is 0 Å². The van der Waals surface area contributed by atoms with Crippen LogP contribution in [0, 0.1) is 0 Å². The average molecular weight is 228 g/mol. The highest BCUT2D eigenvalue weighted by Crippen LogP contribution is 2.43. The second-order valence-corrected chi connectivity index (χ2v) is 2.63. The van der Waals surface area contributed by atoms with E-state index in [2.05, 4.69) is 8.37 Å². The van der Waals surface area contributed by atoms with Crippen molar-refractivity contribution in [3.05, 3.63) is 0 Å². The molecular formula is C4H2F6O2S. The van der Waals surface area contributed by atoms with Crippen molar-refractivity contribution < 1.29 is 34.7 Å². The van der Waals surface area contributed by atoms with Crippen molar-refractivity contribution in [2.45, 2.75) is 24.6 Å². The lowest BCUT2D eigenvalue weighted by Crippen LogP contribution is -2.44. The summed E-state index contributed by atoms with van der Waals surface area (Å²) in [6.07, 6.45) is -16.8. The number of hydrogen-bond donors (Lipinski definition) is 0. The van der Waals surface area contributed by atoms with Gasteiger partial charge >= 0.3 is 12.2 Å². The molecule has 0 aromatic carbocycles. The van der Waals surface area contributed by atoms with Gasteiger partial charge in [-0.15, -0.1) is 0 Å². The molecule has 0 saturated carbocycles. The molecule has 0 aliphatic carbocycles. The van der Waals surface area contributed by atoms with E-state index in [0.29, 0.717) is 0 Å². The maximum atomic E-state index is 12.3. The lowest BCUT2D eigenvalue weighted by Gasteiger charge is -2.19. The zero-order chi connectivity index (χ0) is 10.3. The molecule has 0 aromatic heterocycles. The van der Waals surface area contributed by atoms with Crippen LogP contribution in [0.3, 0.4) is 0 Å². The Morgan fingerprint density at radius 3 is 1.46 bits per heavy atom. The van der Waals surface area contributed by atoms with Crippen molar-refractivity contribution in [1.29, 1.82) is 0 Å². The Balaban J connectivity index is 2.87. The van der Waals surface area contributed by atoms with Crippen molar-refractivity contribution in [2.75, 3.05) is 0 Å². The van der Waals surface area contributed by atoms with Crippen LogP contribution >= 0.6 is 12.3 Å². The molecule has 0 bridgehead atoms. The zero-order valence-electron chi connectivity index (χ0n) is 5.65. The van der Waals surface area contributed by atoms with Crippen LogP contribution in [-0.2, 0) is 8.37 Å². The largest absolute Gasteiger partial charge is 0.402 e. The molecule has 0 amide bonds. The predicted octanol–water partition coefficient (Wildman–Crippen LogP) is 2.46. The smallest absolute Gasteiger partial charge is 0.234 e. The third kappa shape index (κ3) is 2.02. The summed E-state index contributed by atoms with van der Waals surface area (Å²) in [7, 11) is 0. The summed E-state index contributed by atoms with van der Waals surface area (Å²) in [4.78, 5) is 0. The van der Waals surface area contributed by atoms with Crippen molar-refractivity contribution in [2.24, 2.45) is 0 Å². The van der Waals surface area contributed by atoms with E-state index in [-0.39, 0.29) is 0 Å². The molecule has 78 valence electrons. The molecule has 9 heteroatoms. The molecule has 2 unspecified atom stereocenters. The summed E-state index contributed by atoms with van der Waals surface area (Å²) in [5, 5.41) is 0. The van der Waals surface area contributed by atoms with E-state index in [1.165, 1.54) is 0 Å². The van der Waals surface area contributed by atoms with Crippen LogP contribution in [0.15, 0.2) is 0 Å². The van der Waals surface area contributed by atoms with Gasteiger partial charge in [-0.25, -0.2) is 17.1 Å². The highest BCUT2D eigenvalue weighted by molar-refractivity contribution is 7.89. The van der Waals surface area contributed by atoms with Gasteiger partial charge in [-0.3, -0.25) is 0 Å². The quantitative estimate of drug-likeness (QED) is 0.468. The standard InChI is InChI=1S/C4H2F6O2S/c5-1-2(6)4(9,10)12-13-11-3(1,7)8/h1-2H. The first-order chi connectivity index (χ1) is 5.77. The normalized spacial score (nSPS) is 38.3. The molecule has 1 fully saturated rings. The second kappa shape index (κ2) is 3.21. The van der Waals surface area contributed by atoms with E-state index >= 15 is 0 Å². The molecule has 13 heavy (non-hydrogen) atoms. The van der Waals surface area contributed by atoms with Gasteiger partial charge < -0.3 is 0 Å². The lowest BCUT2D eigenvalue weighted by molar-refractivity contribution is -0.261. The summed E-state index contributed by atoms with van der Waals surface area (Å²) in [5.74, 6) is 0. The van der Waals surface area contributed by atoms with E-state index in [4.69, 9.17) is 0 Å². The molecule has 1 rings (SSSR count). The minimum atomic E-state index is -4.63.